The molecule has 0 fully saturated rings. The van der Waals surface area contributed by atoms with E-state index in [4.69, 9.17) is 14.7 Å². The molecule has 1 N–H and O–H groups in total. The molecule has 1 unspecified atom stereocenters. The van der Waals surface area contributed by atoms with Crippen LogP contribution in [0.5, 0.6) is 11.5 Å². The van der Waals surface area contributed by atoms with E-state index in [1.165, 1.54) is 11.1 Å². The second-order valence-corrected chi connectivity index (χ2v) is 7.89. The minimum atomic E-state index is 0.333. The number of benzene rings is 2. The summed E-state index contributed by atoms with van der Waals surface area (Å²) in [4.78, 5) is 2.35. The van der Waals surface area contributed by atoms with Crippen LogP contribution in [-0.2, 0) is 19.5 Å². The Bertz CT molecular complexity index is 890. The van der Waals surface area contributed by atoms with Crippen molar-refractivity contribution in [3.05, 3.63) is 58.7 Å². The van der Waals surface area contributed by atoms with E-state index in [-0.39, 0.29) is 0 Å². The van der Waals surface area contributed by atoms with Crippen molar-refractivity contribution in [2.24, 2.45) is 0 Å². The average molecular weight is 377 g/mol. The molecular formula is C23H27N3O2. The van der Waals surface area contributed by atoms with Crippen molar-refractivity contribution < 1.29 is 9.47 Å². The van der Waals surface area contributed by atoms with Crippen LogP contribution in [0.25, 0.3) is 0 Å². The minimum absolute atomic E-state index is 0.333. The van der Waals surface area contributed by atoms with Crippen molar-refractivity contribution in [2.45, 2.75) is 44.9 Å². The monoisotopic (exact) mass is 377 g/mol. The predicted octanol–water partition coefficient (Wildman–Crippen LogP) is 3.25. The van der Waals surface area contributed by atoms with E-state index < -0.39 is 0 Å². The number of hydrogen-bond acceptors (Lipinski definition) is 5. The van der Waals surface area contributed by atoms with Gasteiger partial charge >= 0.3 is 0 Å². The Kier molecular flexibility index (Phi) is 5.52. The molecule has 0 amide bonds. The maximum atomic E-state index is 9.11. The Morgan fingerprint density at radius 3 is 2.75 bits per heavy atom. The van der Waals surface area contributed by atoms with Gasteiger partial charge in [0.2, 0.25) is 0 Å². The summed E-state index contributed by atoms with van der Waals surface area (Å²) in [5, 5.41) is 12.6. The van der Waals surface area contributed by atoms with Gasteiger partial charge in [-0.15, -0.1) is 0 Å². The number of nitriles is 1. The molecule has 2 aliphatic heterocycles. The molecule has 0 spiro atoms. The highest BCUT2D eigenvalue weighted by Crippen LogP contribution is 2.28. The fourth-order valence-corrected chi connectivity index (χ4v) is 3.83. The van der Waals surface area contributed by atoms with Crippen molar-refractivity contribution in [3.63, 3.8) is 0 Å². The Hall–Kier alpha value is -2.55. The number of likely N-dealkylation sites (N-methyl/N-ethyl adjacent to an activating group) is 1. The molecule has 5 nitrogen and oxygen atoms in total. The normalized spacial score (nSPS) is 21.9. The molecule has 4 rings (SSSR count). The second kappa shape index (κ2) is 8.22. The first kappa shape index (κ1) is 18.8. The Morgan fingerprint density at radius 1 is 1.11 bits per heavy atom. The van der Waals surface area contributed by atoms with E-state index in [0.29, 0.717) is 30.9 Å². The SMILES string of the molecule is CC1COc2cc(CC[C@H]3COc4cc(C#N)ccc4CN3C)ccc2CN1. The summed E-state index contributed by atoms with van der Waals surface area (Å²) in [5.41, 5.74) is 4.32. The van der Waals surface area contributed by atoms with Gasteiger partial charge in [-0.05, 0) is 50.6 Å². The van der Waals surface area contributed by atoms with Gasteiger partial charge in [0, 0.05) is 36.3 Å². The third-order valence-electron chi connectivity index (χ3n) is 5.70. The van der Waals surface area contributed by atoms with Gasteiger partial charge in [0.1, 0.15) is 24.7 Å². The van der Waals surface area contributed by atoms with Crippen LogP contribution in [0.2, 0.25) is 0 Å². The third-order valence-corrected chi connectivity index (χ3v) is 5.70. The summed E-state index contributed by atoms with van der Waals surface area (Å²) in [6, 6.07) is 15.2. The first-order valence-electron chi connectivity index (χ1n) is 9.96. The van der Waals surface area contributed by atoms with Crippen LogP contribution in [0.1, 0.15) is 35.6 Å². The molecule has 146 valence electrons. The van der Waals surface area contributed by atoms with E-state index in [9.17, 15) is 0 Å². The fraction of sp³-hybridized carbons (Fsp3) is 0.435. The molecule has 0 saturated carbocycles. The van der Waals surface area contributed by atoms with Crippen LogP contribution in [0.15, 0.2) is 36.4 Å². The standard InChI is InChI=1S/C23H27N3O2/c1-16-14-27-22-9-17(3-6-19(22)12-25-16)5-8-21-15-28-23-10-18(11-24)4-7-20(23)13-26(21)2/h3-4,6-7,9-10,16,21,25H,5,8,12-15H2,1-2H3/t16?,21-/m0/s1. The van der Waals surface area contributed by atoms with Crippen molar-refractivity contribution in [2.75, 3.05) is 20.3 Å². The van der Waals surface area contributed by atoms with Gasteiger partial charge in [-0.25, -0.2) is 0 Å². The number of fused-ring (bicyclic) bond motifs is 2. The van der Waals surface area contributed by atoms with Gasteiger partial charge in [-0.2, -0.15) is 5.26 Å². The molecule has 0 saturated heterocycles. The molecule has 28 heavy (non-hydrogen) atoms. The van der Waals surface area contributed by atoms with Gasteiger partial charge in [0.05, 0.1) is 11.6 Å². The molecule has 5 heteroatoms. The highest BCUT2D eigenvalue weighted by molar-refractivity contribution is 5.43. The predicted molar refractivity (Wildman–Crippen MR) is 108 cm³/mol. The maximum Gasteiger partial charge on any atom is 0.125 e. The van der Waals surface area contributed by atoms with Gasteiger partial charge in [-0.3, -0.25) is 4.90 Å². The second-order valence-electron chi connectivity index (χ2n) is 7.89. The zero-order valence-electron chi connectivity index (χ0n) is 16.6. The molecule has 2 aromatic carbocycles. The summed E-state index contributed by atoms with van der Waals surface area (Å²) in [5.74, 6) is 1.85. The number of rotatable bonds is 3. The Balaban J connectivity index is 1.41. The number of nitrogens with one attached hydrogen (secondary N) is 1. The lowest BCUT2D eigenvalue weighted by atomic mass is 10.0. The van der Waals surface area contributed by atoms with E-state index in [1.54, 1.807) is 0 Å². The van der Waals surface area contributed by atoms with E-state index in [2.05, 4.69) is 48.5 Å². The highest BCUT2D eigenvalue weighted by atomic mass is 16.5. The molecular weight excluding hydrogens is 350 g/mol. The lowest BCUT2D eigenvalue weighted by Crippen LogP contribution is -2.34. The summed E-state index contributed by atoms with van der Waals surface area (Å²) in [6.07, 6.45) is 2.00. The fourth-order valence-electron chi connectivity index (χ4n) is 3.83. The molecule has 2 heterocycles. The largest absolute Gasteiger partial charge is 0.492 e. The summed E-state index contributed by atoms with van der Waals surface area (Å²) in [6.45, 7) is 5.19. The number of nitrogens with zero attached hydrogens (tertiary/aromatic N) is 2. The van der Waals surface area contributed by atoms with E-state index >= 15 is 0 Å². The molecule has 2 atom stereocenters. The van der Waals surface area contributed by atoms with Crippen LogP contribution in [-0.4, -0.2) is 37.2 Å². The Morgan fingerprint density at radius 2 is 1.89 bits per heavy atom. The van der Waals surface area contributed by atoms with Crippen LogP contribution in [0, 0.1) is 11.3 Å². The van der Waals surface area contributed by atoms with Crippen molar-refractivity contribution in [3.8, 4) is 17.6 Å². The van der Waals surface area contributed by atoms with Gasteiger partial charge < -0.3 is 14.8 Å². The van der Waals surface area contributed by atoms with Gasteiger partial charge in [-0.1, -0.05) is 18.2 Å². The van der Waals surface area contributed by atoms with Crippen molar-refractivity contribution in [1.82, 2.24) is 10.2 Å². The number of ether oxygens (including phenoxy) is 2. The number of aryl methyl sites for hydroxylation is 1. The number of hydrogen-bond donors (Lipinski definition) is 1. The molecule has 2 aliphatic rings. The third kappa shape index (κ3) is 4.14. The van der Waals surface area contributed by atoms with Crippen LogP contribution in [0.4, 0.5) is 0 Å². The zero-order chi connectivity index (χ0) is 19.5. The topological polar surface area (TPSA) is 57.5 Å². The Labute approximate surface area is 166 Å². The zero-order valence-corrected chi connectivity index (χ0v) is 16.6. The minimum Gasteiger partial charge on any atom is -0.492 e. The molecule has 0 aliphatic carbocycles. The van der Waals surface area contributed by atoms with Crippen molar-refractivity contribution >= 4 is 0 Å². The summed E-state index contributed by atoms with van der Waals surface area (Å²) >= 11 is 0. The lowest BCUT2D eigenvalue weighted by Gasteiger charge is -2.24. The highest BCUT2D eigenvalue weighted by Gasteiger charge is 2.22. The quantitative estimate of drug-likeness (QED) is 0.890. The van der Waals surface area contributed by atoms with Crippen molar-refractivity contribution in [1.29, 1.82) is 5.26 Å². The first-order valence-corrected chi connectivity index (χ1v) is 9.96. The average Bonchev–Trinajstić information content (AvgIpc) is 2.99. The smallest absolute Gasteiger partial charge is 0.125 e. The van der Waals surface area contributed by atoms with Gasteiger partial charge in [0.15, 0.2) is 0 Å². The molecule has 0 bridgehead atoms. The first-order chi connectivity index (χ1) is 13.6. The van der Waals surface area contributed by atoms with Crippen LogP contribution >= 0.6 is 0 Å². The maximum absolute atomic E-state index is 9.11. The molecule has 0 aromatic heterocycles. The lowest BCUT2D eigenvalue weighted by molar-refractivity contribution is 0.167. The van der Waals surface area contributed by atoms with E-state index in [1.807, 2.05) is 18.2 Å². The molecule has 2 aromatic rings. The van der Waals surface area contributed by atoms with E-state index in [0.717, 1.165) is 43.0 Å². The van der Waals surface area contributed by atoms with Crippen LogP contribution in [0.3, 0.4) is 0 Å². The summed E-state index contributed by atoms with van der Waals surface area (Å²) in [7, 11) is 2.15. The van der Waals surface area contributed by atoms with Gasteiger partial charge in [0.25, 0.3) is 0 Å². The summed E-state index contributed by atoms with van der Waals surface area (Å²) < 4.78 is 12.0. The van der Waals surface area contributed by atoms with Crippen LogP contribution < -0.4 is 14.8 Å². The molecule has 0 radical (unpaired) electrons.